The molecule has 0 aromatic heterocycles. The van der Waals surface area contributed by atoms with Crippen molar-refractivity contribution < 1.29 is 19.0 Å². The third-order valence-electron chi connectivity index (χ3n) is 4.23. The Hall–Kier alpha value is -4.00. The van der Waals surface area contributed by atoms with Crippen LogP contribution in [0.4, 0.5) is 10.5 Å². The Bertz CT molecular complexity index is 1040. The Labute approximate surface area is 175 Å². The summed E-state index contributed by atoms with van der Waals surface area (Å²) < 4.78 is 16.5. The highest BCUT2D eigenvalue weighted by atomic mass is 16.5. The van der Waals surface area contributed by atoms with Crippen LogP contribution >= 0.6 is 0 Å². The Morgan fingerprint density at radius 3 is 2.30 bits per heavy atom. The van der Waals surface area contributed by atoms with Gasteiger partial charge in [0.2, 0.25) is 0 Å². The quantitative estimate of drug-likeness (QED) is 0.426. The van der Waals surface area contributed by atoms with E-state index in [2.05, 4.69) is 15.8 Å². The number of para-hydroxylation sites is 3. The lowest BCUT2D eigenvalue weighted by molar-refractivity contribution is 0.252. The number of nitrogens with one attached hydrogen (secondary N) is 2. The van der Waals surface area contributed by atoms with Crippen LogP contribution in [0.5, 0.6) is 23.0 Å². The van der Waals surface area contributed by atoms with Gasteiger partial charge in [0.05, 0.1) is 25.6 Å². The van der Waals surface area contributed by atoms with Gasteiger partial charge >= 0.3 is 6.03 Å². The first-order valence-electron chi connectivity index (χ1n) is 9.26. The van der Waals surface area contributed by atoms with Crippen LogP contribution in [0.25, 0.3) is 0 Å². The standard InChI is InChI=1S/C23H23N3O4/c1-16(19-15-18(28-2)13-14-21(19)29-3)25-26-23(27)24-20-11-7-8-12-22(20)30-17-9-5-4-6-10-17/h4-15H,1-3H3,(H2,24,26,27)/b25-16+. The molecule has 3 aromatic rings. The maximum Gasteiger partial charge on any atom is 0.339 e. The van der Waals surface area contributed by atoms with Gasteiger partial charge in [-0.15, -0.1) is 0 Å². The molecule has 0 saturated heterocycles. The molecule has 3 aromatic carbocycles. The van der Waals surface area contributed by atoms with Gasteiger partial charge < -0.3 is 19.5 Å². The third kappa shape index (κ3) is 5.29. The molecule has 0 saturated carbocycles. The van der Waals surface area contributed by atoms with E-state index in [1.165, 1.54) is 0 Å². The fourth-order valence-electron chi connectivity index (χ4n) is 2.72. The van der Waals surface area contributed by atoms with Crippen molar-refractivity contribution in [2.45, 2.75) is 6.92 Å². The van der Waals surface area contributed by atoms with E-state index in [0.717, 1.165) is 0 Å². The first-order chi connectivity index (χ1) is 14.6. The average molecular weight is 405 g/mol. The number of ether oxygens (including phenoxy) is 3. The molecular weight excluding hydrogens is 382 g/mol. The number of anilines is 1. The van der Waals surface area contributed by atoms with Crippen LogP contribution in [0.1, 0.15) is 12.5 Å². The number of methoxy groups -OCH3 is 2. The molecule has 2 N–H and O–H groups in total. The van der Waals surface area contributed by atoms with Crippen LogP contribution in [0, 0.1) is 0 Å². The van der Waals surface area contributed by atoms with E-state index in [4.69, 9.17) is 14.2 Å². The van der Waals surface area contributed by atoms with Crippen molar-refractivity contribution in [3.63, 3.8) is 0 Å². The molecule has 7 nitrogen and oxygen atoms in total. The summed E-state index contributed by atoms with van der Waals surface area (Å²) in [5.74, 6) is 2.48. The van der Waals surface area contributed by atoms with Crippen LogP contribution in [0.2, 0.25) is 0 Å². The van der Waals surface area contributed by atoms with E-state index in [9.17, 15) is 4.79 Å². The minimum Gasteiger partial charge on any atom is -0.497 e. The van der Waals surface area contributed by atoms with Crippen LogP contribution in [-0.2, 0) is 0 Å². The lowest BCUT2D eigenvalue weighted by atomic mass is 10.1. The zero-order valence-corrected chi connectivity index (χ0v) is 17.0. The fourth-order valence-corrected chi connectivity index (χ4v) is 2.72. The molecule has 0 aliphatic carbocycles. The second kappa shape index (κ2) is 9.97. The maximum absolute atomic E-state index is 12.4. The lowest BCUT2D eigenvalue weighted by Crippen LogP contribution is -2.25. The molecule has 7 heteroatoms. The fraction of sp³-hybridized carbons (Fsp3) is 0.130. The second-order valence-electron chi connectivity index (χ2n) is 6.24. The number of amides is 2. The molecule has 0 spiro atoms. The third-order valence-corrected chi connectivity index (χ3v) is 4.23. The van der Waals surface area contributed by atoms with Crippen molar-refractivity contribution in [2.75, 3.05) is 19.5 Å². The van der Waals surface area contributed by atoms with Gasteiger partial charge in [-0.1, -0.05) is 30.3 Å². The van der Waals surface area contributed by atoms with Gasteiger partial charge in [0.25, 0.3) is 0 Å². The Morgan fingerprint density at radius 2 is 1.57 bits per heavy atom. The van der Waals surface area contributed by atoms with E-state index in [1.54, 1.807) is 51.5 Å². The first kappa shape index (κ1) is 20.7. The average Bonchev–Trinajstić information content (AvgIpc) is 2.79. The van der Waals surface area contributed by atoms with Gasteiger partial charge in [0, 0.05) is 5.56 Å². The Balaban J connectivity index is 1.71. The molecular formula is C23H23N3O4. The van der Waals surface area contributed by atoms with E-state index in [-0.39, 0.29) is 0 Å². The number of nitrogens with zero attached hydrogens (tertiary/aromatic N) is 1. The highest BCUT2D eigenvalue weighted by Gasteiger charge is 2.11. The summed E-state index contributed by atoms with van der Waals surface area (Å²) in [6.07, 6.45) is 0. The molecule has 0 radical (unpaired) electrons. The smallest absolute Gasteiger partial charge is 0.339 e. The molecule has 0 unspecified atom stereocenters. The van der Waals surface area contributed by atoms with Crippen molar-refractivity contribution in [1.82, 2.24) is 5.43 Å². The lowest BCUT2D eigenvalue weighted by Gasteiger charge is -2.12. The Kier molecular flexibility index (Phi) is 6.89. The predicted molar refractivity (Wildman–Crippen MR) is 117 cm³/mol. The summed E-state index contributed by atoms with van der Waals surface area (Å²) in [7, 11) is 3.15. The molecule has 3 rings (SSSR count). The molecule has 0 aliphatic heterocycles. The highest BCUT2D eigenvalue weighted by Crippen LogP contribution is 2.29. The summed E-state index contributed by atoms with van der Waals surface area (Å²) in [5.41, 5.74) is 4.29. The SMILES string of the molecule is COc1ccc(OC)c(/C(C)=N/NC(=O)Nc2ccccc2Oc2ccccc2)c1. The van der Waals surface area contributed by atoms with Gasteiger partial charge in [0.1, 0.15) is 17.2 Å². The topological polar surface area (TPSA) is 81.2 Å². The van der Waals surface area contributed by atoms with E-state index in [0.29, 0.717) is 40.0 Å². The number of carbonyl (C=O) groups is 1. The summed E-state index contributed by atoms with van der Waals surface area (Å²) in [6, 6.07) is 21.4. The molecule has 0 fully saturated rings. The zero-order chi connectivity index (χ0) is 21.3. The summed E-state index contributed by atoms with van der Waals surface area (Å²) in [4.78, 5) is 12.4. The van der Waals surface area contributed by atoms with Crippen molar-refractivity contribution in [2.24, 2.45) is 5.10 Å². The van der Waals surface area contributed by atoms with Crippen molar-refractivity contribution in [1.29, 1.82) is 0 Å². The molecule has 0 atom stereocenters. The Morgan fingerprint density at radius 1 is 0.833 bits per heavy atom. The number of urea groups is 1. The largest absolute Gasteiger partial charge is 0.497 e. The van der Waals surface area contributed by atoms with E-state index in [1.807, 2.05) is 42.5 Å². The van der Waals surface area contributed by atoms with E-state index < -0.39 is 6.03 Å². The number of carbonyl (C=O) groups excluding carboxylic acids is 1. The monoisotopic (exact) mass is 405 g/mol. The molecule has 0 aliphatic rings. The number of hydrogen-bond donors (Lipinski definition) is 2. The predicted octanol–water partition coefficient (Wildman–Crippen LogP) is 5.04. The normalized spacial score (nSPS) is 10.8. The molecule has 0 heterocycles. The molecule has 2 amide bonds. The zero-order valence-electron chi connectivity index (χ0n) is 17.0. The number of rotatable bonds is 7. The van der Waals surface area contributed by atoms with Crippen molar-refractivity contribution >= 4 is 17.4 Å². The van der Waals surface area contributed by atoms with Gasteiger partial charge in [0.15, 0.2) is 5.75 Å². The van der Waals surface area contributed by atoms with Gasteiger partial charge in [-0.3, -0.25) is 0 Å². The molecule has 30 heavy (non-hydrogen) atoms. The van der Waals surface area contributed by atoms with Crippen LogP contribution in [0.3, 0.4) is 0 Å². The first-order valence-corrected chi connectivity index (χ1v) is 9.26. The minimum atomic E-state index is -0.500. The van der Waals surface area contributed by atoms with Gasteiger partial charge in [-0.25, -0.2) is 10.2 Å². The van der Waals surface area contributed by atoms with Crippen molar-refractivity contribution in [3.8, 4) is 23.0 Å². The summed E-state index contributed by atoms with van der Waals surface area (Å²) in [5, 5.41) is 6.92. The summed E-state index contributed by atoms with van der Waals surface area (Å²) in [6.45, 7) is 1.77. The van der Waals surface area contributed by atoms with Gasteiger partial charge in [-0.2, -0.15) is 5.10 Å². The van der Waals surface area contributed by atoms with Crippen LogP contribution < -0.4 is 25.0 Å². The molecule has 0 bridgehead atoms. The van der Waals surface area contributed by atoms with Crippen LogP contribution in [-0.4, -0.2) is 26.0 Å². The number of hydrogen-bond acceptors (Lipinski definition) is 5. The highest BCUT2D eigenvalue weighted by molar-refractivity contribution is 6.02. The summed E-state index contributed by atoms with van der Waals surface area (Å²) >= 11 is 0. The van der Waals surface area contributed by atoms with E-state index >= 15 is 0 Å². The number of benzene rings is 3. The van der Waals surface area contributed by atoms with Crippen molar-refractivity contribution in [3.05, 3.63) is 78.4 Å². The van der Waals surface area contributed by atoms with Gasteiger partial charge in [-0.05, 0) is 49.4 Å². The van der Waals surface area contributed by atoms with Crippen LogP contribution in [0.15, 0.2) is 77.9 Å². The molecule has 154 valence electrons. The maximum atomic E-state index is 12.4. The minimum absolute atomic E-state index is 0.500. The number of hydrazone groups is 1. The second-order valence-corrected chi connectivity index (χ2v) is 6.24.